The molecule has 0 spiro atoms. The van der Waals surface area contributed by atoms with Crippen molar-refractivity contribution >= 4 is 0 Å². The number of rotatable bonds is 7. The minimum Gasteiger partial charge on any atom is -0.508 e. The number of phenols is 1. The van der Waals surface area contributed by atoms with Gasteiger partial charge in [0.1, 0.15) is 5.75 Å². The van der Waals surface area contributed by atoms with Crippen LogP contribution < -0.4 is 0 Å². The Kier molecular flexibility index (Phi) is 7.12. The van der Waals surface area contributed by atoms with Crippen LogP contribution in [-0.2, 0) is 16.2 Å². The van der Waals surface area contributed by atoms with Crippen molar-refractivity contribution in [1.82, 2.24) is 0 Å². The van der Waals surface area contributed by atoms with Crippen molar-refractivity contribution in [2.45, 2.75) is 77.6 Å². The summed E-state index contributed by atoms with van der Waals surface area (Å²) >= 11 is 0. The van der Waals surface area contributed by atoms with Gasteiger partial charge in [0.15, 0.2) is 0 Å². The summed E-state index contributed by atoms with van der Waals surface area (Å²) in [4.78, 5) is 0. The van der Waals surface area contributed by atoms with Crippen molar-refractivity contribution in [2.24, 2.45) is 0 Å². The Hall–Kier alpha value is -3.32. The molecule has 37 heavy (non-hydrogen) atoms. The van der Waals surface area contributed by atoms with Crippen molar-refractivity contribution in [2.75, 3.05) is 0 Å². The largest absolute Gasteiger partial charge is 0.508 e. The van der Waals surface area contributed by atoms with Crippen molar-refractivity contribution < 1.29 is 5.11 Å². The molecule has 0 aliphatic rings. The molecule has 1 heteroatoms. The molecular weight excluding hydrogens is 448 g/mol. The second-order valence-corrected chi connectivity index (χ2v) is 12.2. The minimum atomic E-state index is -0.413. The van der Waals surface area contributed by atoms with Crippen molar-refractivity contribution in [3.63, 3.8) is 0 Å². The van der Waals surface area contributed by atoms with Gasteiger partial charge in [-0.15, -0.1) is 0 Å². The van der Waals surface area contributed by atoms with Gasteiger partial charge in [0.2, 0.25) is 0 Å². The number of hydrogen-bond acceptors (Lipinski definition) is 1. The first-order valence-corrected chi connectivity index (χ1v) is 13.5. The number of hydrogen-bond donors (Lipinski definition) is 1. The highest BCUT2D eigenvalue weighted by Gasteiger charge is 2.42. The second kappa shape index (κ2) is 9.86. The van der Waals surface area contributed by atoms with Crippen LogP contribution in [0.15, 0.2) is 97.1 Å². The molecule has 0 unspecified atom stereocenters. The van der Waals surface area contributed by atoms with Gasteiger partial charge in [0.25, 0.3) is 0 Å². The number of benzene rings is 4. The molecule has 0 saturated heterocycles. The predicted molar refractivity (Wildman–Crippen MR) is 158 cm³/mol. The molecule has 0 bridgehead atoms. The van der Waals surface area contributed by atoms with Crippen LogP contribution in [0, 0.1) is 0 Å². The van der Waals surface area contributed by atoms with Gasteiger partial charge in [0, 0.05) is 21.8 Å². The molecule has 1 nitrogen and oxygen atoms in total. The molecule has 1 N–H and O–H groups in total. The van der Waals surface area contributed by atoms with E-state index in [1.54, 1.807) is 0 Å². The molecule has 4 rings (SSSR count). The molecule has 0 aromatic heterocycles. The molecule has 192 valence electrons. The van der Waals surface area contributed by atoms with Crippen LogP contribution in [-0.4, -0.2) is 5.11 Å². The lowest BCUT2D eigenvalue weighted by Gasteiger charge is -2.43. The third-order valence-corrected chi connectivity index (χ3v) is 8.32. The van der Waals surface area contributed by atoms with Gasteiger partial charge < -0.3 is 5.11 Å². The van der Waals surface area contributed by atoms with E-state index in [4.69, 9.17) is 0 Å². The zero-order valence-electron chi connectivity index (χ0n) is 23.8. The first-order chi connectivity index (χ1) is 17.4. The van der Waals surface area contributed by atoms with Crippen LogP contribution in [0.3, 0.4) is 0 Å². The lowest BCUT2D eigenvalue weighted by Crippen LogP contribution is -2.35. The van der Waals surface area contributed by atoms with E-state index in [9.17, 15) is 5.11 Å². The molecule has 4 aromatic rings. The summed E-state index contributed by atoms with van der Waals surface area (Å²) in [6.07, 6.45) is 0. The SMILES string of the molecule is CC(C)c1cc(O)c(C(C)(C)c2ccccc2)c(C(C)(C)c2ccccc2)c1C(C)(C)c1ccccc1. The first kappa shape index (κ1) is 26.7. The van der Waals surface area contributed by atoms with Gasteiger partial charge in [-0.2, -0.15) is 0 Å². The molecule has 0 fully saturated rings. The Morgan fingerprint density at radius 2 is 0.811 bits per heavy atom. The maximum atomic E-state index is 11.9. The van der Waals surface area contributed by atoms with E-state index < -0.39 is 5.41 Å². The molecular formula is C36H42O. The van der Waals surface area contributed by atoms with E-state index in [1.165, 1.54) is 33.4 Å². The van der Waals surface area contributed by atoms with Crippen LogP contribution in [0.1, 0.15) is 100 Å². The quantitative estimate of drug-likeness (QED) is 0.273. The smallest absolute Gasteiger partial charge is 0.120 e. The molecule has 0 amide bonds. The molecule has 4 aromatic carbocycles. The summed E-state index contributed by atoms with van der Waals surface area (Å²) in [7, 11) is 0. The Labute approximate surface area is 224 Å². The maximum absolute atomic E-state index is 11.9. The van der Waals surface area contributed by atoms with E-state index in [1.807, 2.05) is 0 Å². The van der Waals surface area contributed by atoms with Crippen LogP contribution in [0.2, 0.25) is 0 Å². The van der Waals surface area contributed by atoms with Gasteiger partial charge in [-0.1, -0.05) is 146 Å². The molecule has 0 aliphatic carbocycles. The fraction of sp³-hybridized carbons (Fsp3) is 0.333. The molecule has 0 atom stereocenters. The van der Waals surface area contributed by atoms with Gasteiger partial charge >= 0.3 is 0 Å². The lowest BCUT2D eigenvalue weighted by molar-refractivity contribution is 0.439. The van der Waals surface area contributed by atoms with E-state index in [-0.39, 0.29) is 16.7 Å². The Bertz CT molecular complexity index is 1340. The molecule has 0 aliphatic heterocycles. The Morgan fingerprint density at radius 1 is 0.486 bits per heavy atom. The summed E-state index contributed by atoms with van der Waals surface area (Å²) < 4.78 is 0. The van der Waals surface area contributed by atoms with Crippen LogP contribution in [0.5, 0.6) is 5.75 Å². The maximum Gasteiger partial charge on any atom is 0.120 e. The standard InChI is InChI=1S/C36H42O/c1-25(2)29-24-30(37)32(35(5,6)27-20-14-10-15-21-27)33(36(7,8)28-22-16-11-17-23-28)31(29)34(3,4)26-18-12-9-13-19-26/h9-25,37H,1-8H3. The van der Waals surface area contributed by atoms with Crippen molar-refractivity contribution in [1.29, 1.82) is 0 Å². The van der Waals surface area contributed by atoms with Crippen molar-refractivity contribution in [3.8, 4) is 5.75 Å². The van der Waals surface area contributed by atoms with Crippen LogP contribution in [0.25, 0.3) is 0 Å². The Balaban J connectivity index is 2.21. The van der Waals surface area contributed by atoms with Gasteiger partial charge in [-0.3, -0.25) is 0 Å². The molecule has 0 heterocycles. The van der Waals surface area contributed by atoms with Crippen LogP contribution >= 0.6 is 0 Å². The fourth-order valence-electron chi connectivity index (χ4n) is 6.07. The van der Waals surface area contributed by atoms with Gasteiger partial charge in [0.05, 0.1) is 0 Å². The highest BCUT2D eigenvalue weighted by Crippen LogP contribution is 2.52. The third kappa shape index (κ3) is 4.73. The summed E-state index contributed by atoms with van der Waals surface area (Å²) in [6, 6.07) is 34.2. The average molecular weight is 491 g/mol. The number of phenolic OH excluding ortho intramolecular Hbond substituents is 1. The fourth-order valence-corrected chi connectivity index (χ4v) is 6.07. The summed E-state index contributed by atoms with van der Waals surface area (Å²) in [6.45, 7) is 18.3. The monoisotopic (exact) mass is 490 g/mol. The highest BCUT2D eigenvalue weighted by atomic mass is 16.3. The molecule has 0 saturated carbocycles. The minimum absolute atomic E-state index is 0.253. The normalized spacial score (nSPS) is 12.7. The first-order valence-electron chi connectivity index (χ1n) is 13.5. The van der Waals surface area contributed by atoms with Crippen molar-refractivity contribution in [3.05, 3.63) is 136 Å². The van der Waals surface area contributed by atoms with Gasteiger partial charge in [-0.05, 0) is 45.4 Å². The zero-order valence-corrected chi connectivity index (χ0v) is 23.8. The number of aromatic hydroxyl groups is 1. The topological polar surface area (TPSA) is 20.2 Å². The van der Waals surface area contributed by atoms with E-state index in [0.717, 1.165) is 5.56 Å². The summed E-state index contributed by atoms with van der Waals surface area (Å²) in [5, 5.41) is 11.9. The second-order valence-electron chi connectivity index (χ2n) is 12.2. The van der Waals surface area contributed by atoms with Crippen LogP contribution in [0.4, 0.5) is 0 Å². The van der Waals surface area contributed by atoms with E-state index >= 15 is 0 Å². The van der Waals surface area contributed by atoms with Gasteiger partial charge in [-0.25, -0.2) is 0 Å². The average Bonchev–Trinajstić information content (AvgIpc) is 2.89. The summed E-state index contributed by atoms with van der Waals surface area (Å²) in [5.74, 6) is 0.632. The highest BCUT2D eigenvalue weighted by molar-refractivity contribution is 5.64. The third-order valence-electron chi connectivity index (χ3n) is 8.32. The molecule has 0 radical (unpaired) electrons. The predicted octanol–water partition coefficient (Wildman–Crippen LogP) is 9.49. The lowest BCUT2D eigenvalue weighted by atomic mass is 9.61. The summed E-state index contributed by atoms with van der Waals surface area (Å²) in [5.41, 5.74) is 7.42. The Morgan fingerprint density at radius 3 is 1.16 bits per heavy atom. The van der Waals surface area contributed by atoms with E-state index in [2.05, 4.69) is 152 Å². The zero-order chi connectivity index (χ0) is 27.0. The van der Waals surface area contributed by atoms with E-state index in [0.29, 0.717) is 5.75 Å².